The zero-order valence-corrected chi connectivity index (χ0v) is 13.7. The fourth-order valence-electron chi connectivity index (χ4n) is 2.00. The van der Waals surface area contributed by atoms with Gasteiger partial charge in [0.05, 0.1) is 17.2 Å². The average Bonchev–Trinajstić information content (AvgIpc) is 2.54. The van der Waals surface area contributed by atoms with Crippen LogP contribution in [0, 0.1) is 0 Å². The predicted octanol–water partition coefficient (Wildman–Crippen LogP) is 3.03. The summed E-state index contributed by atoms with van der Waals surface area (Å²) in [6, 6.07) is 9.69. The minimum atomic E-state index is -0.504. The molecular formula is C16H14Cl2N2O3. The molecule has 23 heavy (non-hydrogen) atoms. The molecule has 0 unspecified atom stereocenters. The van der Waals surface area contributed by atoms with Crippen LogP contribution in [-0.4, -0.2) is 18.9 Å². The Morgan fingerprint density at radius 1 is 1.09 bits per heavy atom. The SMILES string of the molecule is COc1c(Cl)ccc(Cl)c1C(=O)NCc1ccc(C(N)=O)cc1. The Morgan fingerprint density at radius 2 is 1.70 bits per heavy atom. The van der Waals surface area contributed by atoms with Crippen LogP contribution in [0.1, 0.15) is 26.3 Å². The highest BCUT2D eigenvalue weighted by Gasteiger charge is 2.19. The summed E-state index contributed by atoms with van der Waals surface area (Å²) in [5.74, 6) is -0.690. The maximum Gasteiger partial charge on any atom is 0.256 e. The molecule has 3 N–H and O–H groups in total. The smallest absolute Gasteiger partial charge is 0.256 e. The van der Waals surface area contributed by atoms with E-state index in [9.17, 15) is 9.59 Å². The topological polar surface area (TPSA) is 81.4 Å². The van der Waals surface area contributed by atoms with E-state index in [4.69, 9.17) is 33.7 Å². The first kappa shape index (κ1) is 17.1. The molecule has 0 aliphatic rings. The minimum Gasteiger partial charge on any atom is -0.494 e. The van der Waals surface area contributed by atoms with Gasteiger partial charge in [-0.3, -0.25) is 9.59 Å². The fourth-order valence-corrected chi connectivity index (χ4v) is 2.47. The van der Waals surface area contributed by atoms with Gasteiger partial charge in [-0.1, -0.05) is 35.3 Å². The molecule has 0 bridgehead atoms. The van der Waals surface area contributed by atoms with Gasteiger partial charge in [-0.15, -0.1) is 0 Å². The normalized spacial score (nSPS) is 10.2. The van der Waals surface area contributed by atoms with Gasteiger partial charge in [0, 0.05) is 12.1 Å². The number of methoxy groups -OCH3 is 1. The van der Waals surface area contributed by atoms with Crippen LogP contribution in [0.15, 0.2) is 36.4 Å². The van der Waals surface area contributed by atoms with E-state index >= 15 is 0 Å². The second kappa shape index (κ2) is 7.35. The summed E-state index contributed by atoms with van der Waals surface area (Å²) >= 11 is 12.1. The average molecular weight is 353 g/mol. The number of nitrogens with two attached hydrogens (primary N) is 1. The van der Waals surface area contributed by atoms with Gasteiger partial charge in [0.25, 0.3) is 5.91 Å². The molecule has 0 atom stereocenters. The molecule has 0 radical (unpaired) electrons. The Hall–Kier alpha value is -2.24. The van der Waals surface area contributed by atoms with Crippen LogP contribution in [0.25, 0.3) is 0 Å². The third-order valence-electron chi connectivity index (χ3n) is 3.18. The van der Waals surface area contributed by atoms with E-state index < -0.39 is 11.8 Å². The third-order valence-corrected chi connectivity index (χ3v) is 3.79. The van der Waals surface area contributed by atoms with Crippen molar-refractivity contribution in [1.82, 2.24) is 5.32 Å². The molecule has 2 amide bonds. The first-order valence-electron chi connectivity index (χ1n) is 6.63. The molecule has 2 aromatic rings. The highest BCUT2D eigenvalue weighted by atomic mass is 35.5. The van der Waals surface area contributed by atoms with Crippen LogP contribution in [0.4, 0.5) is 0 Å². The molecule has 0 aromatic heterocycles. The summed E-state index contributed by atoms with van der Waals surface area (Å²) in [4.78, 5) is 23.4. The highest BCUT2D eigenvalue weighted by molar-refractivity contribution is 6.37. The Balaban J connectivity index is 2.14. The molecule has 7 heteroatoms. The molecular weight excluding hydrogens is 339 g/mol. The molecule has 0 heterocycles. The number of hydrogen-bond donors (Lipinski definition) is 2. The molecule has 0 spiro atoms. The summed E-state index contributed by atoms with van der Waals surface area (Å²) in [6.45, 7) is 0.254. The molecule has 0 saturated heterocycles. The van der Waals surface area contributed by atoms with Crippen molar-refractivity contribution in [2.45, 2.75) is 6.54 Å². The van der Waals surface area contributed by atoms with E-state index in [-0.39, 0.29) is 22.9 Å². The first-order valence-corrected chi connectivity index (χ1v) is 7.38. The Kier molecular flexibility index (Phi) is 5.47. The third kappa shape index (κ3) is 3.94. The number of amides is 2. The standard InChI is InChI=1S/C16H14Cl2N2O3/c1-23-14-12(18)7-6-11(17)13(14)16(22)20-8-9-2-4-10(5-3-9)15(19)21/h2-7H,8H2,1H3,(H2,19,21)(H,20,22). The number of ether oxygens (including phenoxy) is 1. The Labute approximate surface area is 143 Å². The largest absolute Gasteiger partial charge is 0.494 e. The minimum absolute atomic E-state index is 0.176. The zero-order valence-electron chi connectivity index (χ0n) is 12.2. The lowest BCUT2D eigenvalue weighted by molar-refractivity contribution is 0.0946. The monoisotopic (exact) mass is 352 g/mol. The van der Waals surface area contributed by atoms with Crippen molar-refractivity contribution in [2.75, 3.05) is 7.11 Å². The summed E-state index contributed by atoms with van der Waals surface area (Å²) in [5.41, 5.74) is 6.56. The predicted molar refractivity (Wildman–Crippen MR) is 89.1 cm³/mol. The van der Waals surface area contributed by atoms with Gasteiger partial charge >= 0.3 is 0 Å². The van der Waals surface area contributed by atoms with E-state index in [0.717, 1.165) is 5.56 Å². The second-order valence-electron chi connectivity index (χ2n) is 4.68. The number of primary amides is 1. The molecule has 120 valence electrons. The summed E-state index contributed by atoms with van der Waals surface area (Å²) in [7, 11) is 1.41. The molecule has 2 rings (SSSR count). The van der Waals surface area contributed by atoms with Gasteiger partial charge < -0.3 is 15.8 Å². The van der Waals surface area contributed by atoms with Crippen molar-refractivity contribution >= 4 is 35.0 Å². The van der Waals surface area contributed by atoms with Crippen molar-refractivity contribution in [1.29, 1.82) is 0 Å². The summed E-state index contributed by atoms with van der Waals surface area (Å²) < 4.78 is 5.14. The van der Waals surface area contributed by atoms with Crippen molar-refractivity contribution in [3.63, 3.8) is 0 Å². The number of halogens is 2. The first-order chi connectivity index (χ1) is 10.9. The van der Waals surface area contributed by atoms with E-state index in [1.165, 1.54) is 13.2 Å². The van der Waals surface area contributed by atoms with Crippen LogP contribution in [-0.2, 0) is 6.54 Å². The van der Waals surface area contributed by atoms with Crippen LogP contribution in [0.5, 0.6) is 5.75 Å². The molecule has 2 aromatic carbocycles. The highest BCUT2D eigenvalue weighted by Crippen LogP contribution is 2.33. The van der Waals surface area contributed by atoms with E-state index in [2.05, 4.69) is 5.32 Å². The van der Waals surface area contributed by atoms with Gasteiger partial charge in [0.2, 0.25) is 5.91 Å². The lowest BCUT2D eigenvalue weighted by Crippen LogP contribution is -2.24. The fraction of sp³-hybridized carbons (Fsp3) is 0.125. The number of nitrogens with one attached hydrogen (secondary N) is 1. The number of hydrogen-bond acceptors (Lipinski definition) is 3. The van der Waals surface area contributed by atoms with Crippen molar-refractivity contribution in [3.8, 4) is 5.75 Å². The van der Waals surface area contributed by atoms with Gasteiger partial charge in [-0.25, -0.2) is 0 Å². The van der Waals surface area contributed by atoms with Crippen LogP contribution in [0.3, 0.4) is 0 Å². The maximum absolute atomic E-state index is 12.3. The summed E-state index contributed by atoms with van der Waals surface area (Å²) in [6.07, 6.45) is 0. The lowest BCUT2D eigenvalue weighted by Gasteiger charge is -2.12. The Bertz CT molecular complexity index is 746. The number of benzene rings is 2. The molecule has 0 aliphatic heterocycles. The Morgan fingerprint density at radius 3 is 2.26 bits per heavy atom. The molecule has 0 saturated carbocycles. The molecule has 0 fully saturated rings. The van der Waals surface area contributed by atoms with Crippen molar-refractivity contribution in [3.05, 3.63) is 63.1 Å². The van der Waals surface area contributed by atoms with Crippen molar-refractivity contribution < 1.29 is 14.3 Å². The van der Waals surface area contributed by atoms with E-state index in [1.54, 1.807) is 30.3 Å². The lowest BCUT2D eigenvalue weighted by atomic mass is 10.1. The van der Waals surface area contributed by atoms with Gasteiger partial charge in [-0.05, 0) is 29.8 Å². The molecule has 5 nitrogen and oxygen atoms in total. The molecule has 0 aliphatic carbocycles. The van der Waals surface area contributed by atoms with Crippen LogP contribution < -0.4 is 15.8 Å². The van der Waals surface area contributed by atoms with E-state index in [0.29, 0.717) is 10.6 Å². The maximum atomic E-state index is 12.3. The van der Waals surface area contributed by atoms with E-state index in [1.807, 2.05) is 0 Å². The van der Waals surface area contributed by atoms with Crippen molar-refractivity contribution in [2.24, 2.45) is 5.73 Å². The summed E-state index contributed by atoms with van der Waals surface area (Å²) in [5, 5.41) is 3.27. The zero-order chi connectivity index (χ0) is 17.0. The van der Waals surface area contributed by atoms with Crippen LogP contribution >= 0.6 is 23.2 Å². The van der Waals surface area contributed by atoms with Gasteiger partial charge in [0.15, 0.2) is 5.75 Å². The number of rotatable bonds is 5. The quantitative estimate of drug-likeness (QED) is 0.867. The van der Waals surface area contributed by atoms with Gasteiger partial charge in [-0.2, -0.15) is 0 Å². The van der Waals surface area contributed by atoms with Crippen LogP contribution in [0.2, 0.25) is 10.0 Å². The van der Waals surface area contributed by atoms with Gasteiger partial charge in [0.1, 0.15) is 5.56 Å². The second-order valence-corrected chi connectivity index (χ2v) is 5.50. The number of carbonyl (C=O) groups excluding carboxylic acids is 2. The number of carbonyl (C=O) groups is 2.